The van der Waals surface area contributed by atoms with E-state index in [1.807, 2.05) is 6.92 Å². The van der Waals surface area contributed by atoms with Crippen LogP contribution in [0.4, 0.5) is 8.78 Å². The van der Waals surface area contributed by atoms with Gasteiger partial charge >= 0.3 is 5.97 Å². The van der Waals surface area contributed by atoms with E-state index in [0.717, 1.165) is 5.56 Å². The van der Waals surface area contributed by atoms with Gasteiger partial charge in [-0.2, -0.15) is 0 Å². The number of carbonyl (C=O) groups excluding carboxylic acids is 1. The van der Waals surface area contributed by atoms with E-state index < -0.39 is 11.8 Å². The minimum Gasteiger partial charge on any atom is -0.466 e. The van der Waals surface area contributed by atoms with Gasteiger partial charge in [0.1, 0.15) is 0 Å². The highest BCUT2D eigenvalue weighted by Crippen LogP contribution is 2.55. The Labute approximate surface area is 111 Å². The van der Waals surface area contributed by atoms with Gasteiger partial charge in [0.2, 0.25) is 0 Å². The number of ether oxygens (including phenoxy) is 1. The Morgan fingerprint density at radius 2 is 1.95 bits per heavy atom. The van der Waals surface area contributed by atoms with Crippen LogP contribution < -0.4 is 0 Å². The lowest BCUT2D eigenvalue weighted by atomic mass is 9.95. The van der Waals surface area contributed by atoms with Crippen molar-refractivity contribution in [2.24, 2.45) is 0 Å². The molecule has 104 valence electrons. The van der Waals surface area contributed by atoms with E-state index >= 15 is 0 Å². The zero-order valence-corrected chi connectivity index (χ0v) is 11.2. The molecule has 1 fully saturated rings. The maximum absolute atomic E-state index is 13.0. The zero-order valence-electron chi connectivity index (χ0n) is 11.2. The molecule has 0 heterocycles. The molecule has 0 bridgehead atoms. The van der Waals surface area contributed by atoms with Gasteiger partial charge in [0.25, 0.3) is 5.92 Å². The van der Waals surface area contributed by atoms with Crippen LogP contribution in [0.25, 0.3) is 0 Å². The number of esters is 1. The Kier molecular flexibility index (Phi) is 3.88. The van der Waals surface area contributed by atoms with Gasteiger partial charge in [0.05, 0.1) is 18.4 Å². The van der Waals surface area contributed by atoms with Gasteiger partial charge in [0, 0.05) is 6.42 Å². The van der Waals surface area contributed by atoms with E-state index in [9.17, 15) is 13.6 Å². The number of rotatable bonds is 5. The number of hydrogen-bond acceptors (Lipinski definition) is 2. The molecule has 1 saturated carbocycles. The van der Waals surface area contributed by atoms with Gasteiger partial charge in [-0.25, -0.2) is 8.78 Å². The number of hydrogen-bond donors (Lipinski definition) is 0. The third-order valence-electron chi connectivity index (χ3n) is 3.55. The largest absolute Gasteiger partial charge is 0.466 e. The van der Waals surface area contributed by atoms with Crippen molar-refractivity contribution in [3.05, 3.63) is 35.4 Å². The Morgan fingerprint density at radius 3 is 2.37 bits per heavy atom. The summed E-state index contributed by atoms with van der Waals surface area (Å²) in [6, 6.07) is 6.91. The van der Waals surface area contributed by atoms with Gasteiger partial charge in [-0.3, -0.25) is 4.79 Å². The molecular formula is C15H18F2O2. The van der Waals surface area contributed by atoms with Crippen LogP contribution in [0.1, 0.15) is 49.7 Å². The second kappa shape index (κ2) is 5.27. The Balaban J connectivity index is 2.10. The predicted molar refractivity (Wildman–Crippen MR) is 68.4 cm³/mol. The lowest BCUT2D eigenvalue weighted by Gasteiger charge is -2.14. The first kappa shape index (κ1) is 14.0. The third-order valence-corrected chi connectivity index (χ3v) is 3.55. The molecule has 1 aliphatic carbocycles. The van der Waals surface area contributed by atoms with E-state index in [4.69, 9.17) is 4.74 Å². The summed E-state index contributed by atoms with van der Waals surface area (Å²) in [5.74, 6) is -3.76. The number of carbonyl (C=O) groups is 1. The highest BCUT2D eigenvalue weighted by Gasteiger charge is 2.57. The molecule has 1 aromatic rings. The summed E-state index contributed by atoms with van der Waals surface area (Å²) in [6.07, 6.45) is 0.569. The maximum atomic E-state index is 13.0. The smallest absolute Gasteiger partial charge is 0.313 e. The molecule has 0 spiro atoms. The molecule has 1 aliphatic rings. The minimum atomic E-state index is -2.55. The standard InChI is InChI=1S/C15H18F2O2/c1-3-12(14(18)19-4-2)10-5-7-11(8-6-10)13-9-15(13,16)17/h5-8,12-13H,3-4,9H2,1-2H3. The quantitative estimate of drug-likeness (QED) is 0.758. The van der Waals surface area contributed by atoms with Crippen LogP contribution in [-0.4, -0.2) is 18.5 Å². The van der Waals surface area contributed by atoms with Crippen LogP contribution in [0, 0.1) is 0 Å². The summed E-state index contributed by atoms with van der Waals surface area (Å²) in [7, 11) is 0. The highest BCUT2D eigenvalue weighted by atomic mass is 19.3. The van der Waals surface area contributed by atoms with Gasteiger partial charge < -0.3 is 4.74 Å². The fourth-order valence-corrected chi connectivity index (χ4v) is 2.32. The average molecular weight is 268 g/mol. The molecule has 2 rings (SSSR count). The van der Waals surface area contributed by atoms with Crippen LogP contribution in [0.15, 0.2) is 24.3 Å². The molecule has 0 radical (unpaired) electrons. The fourth-order valence-electron chi connectivity index (χ4n) is 2.32. The van der Waals surface area contributed by atoms with E-state index in [1.54, 1.807) is 31.2 Å². The molecule has 0 saturated heterocycles. The van der Waals surface area contributed by atoms with Crippen LogP contribution in [0.3, 0.4) is 0 Å². The molecule has 2 nitrogen and oxygen atoms in total. The second-order valence-corrected chi connectivity index (χ2v) is 4.90. The molecule has 2 atom stereocenters. The number of benzene rings is 1. The van der Waals surface area contributed by atoms with E-state index in [2.05, 4.69) is 0 Å². The monoisotopic (exact) mass is 268 g/mol. The molecule has 0 N–H and O–H groups in total. The molecule has 4 heteroatoms. The Morgan fingerprint density at radius 1 is 1.37 bits per heavy atom. The van der Waals surface area contributed by atoms with Gasteiger partial charge in [-0.05, 0) is 24.5 Å². The Bertz CT molecular complexity index is 454. The zero-order chi connectivity index (χ0) is 14.0. The SMILES string of the molecule is CCOC(=O)C(CC)c1ccc(C2CC2(F)F)cc1. The van der Waals surface area contributed by atoms with Crippen molar-refractivity contribution in [2.45, 2.75) is 44.4 Å². The fraction of sp³-hybridized carbons (Fsp3) is 0.533. The Hall–Kier alpha value is -1.45. The van der Waals surface area contributed by atoms with E-state index in [-0.39, 0.29) is 18.3 Å². The van der Waals surface area contributed by atoms with E-state index in [0.29, 0.717) is 18.6 Å². The van der Waals surface area contributed by atoms with Crippen LogP contribution >= 0.6 is 0 Å². The van der Waals surface area contributed by atoms with Crippen molar-refractivity contribution in [3.8, 4) is 0 Å². The van der Waals surface area contributed by atoms with Gasteiger partial charge in [-0.15, -0.1) is 0 Å². The number of alkyl halides is 2. The highest BCUT2D eigenvalue weighted by molar-refractivity contribution is 5.78. The lowest BCUT2D eigenvalue weighted by Crippen LogP contribution is -2.15. The normalized spacial score (nSPS) is 21.8. The summed E-state index contributed by atoms with van der Waals surface area (Å²) >= 11 is 0. The first-order valence-corrected chi connectivity index (χ1v) is 6.64. The molecule has 0 aliphatic heterocycles. The molecule has 19 heavy (non-hydrogen) atoms. The first-order valence-electron chi connectivity index (χ1n) is 6.64. The molecule has 0 amide bonds. The van der Waals surface area contributed by atoms with Crippen molar-refractivity contribution in [2.75, 3.05) is 6.61 Å². The third kappa shape index (κ3) is 2.94. The van der Waals surface area contributed by atoms with Crippen molar-refractivity contribution in [1.29, 1.82) is 0 Å². The molecular weight excluding hydrogens is 250 g/mol. The summed E-state index contributed by atoms with van der Waals surface area (Å²) in [4.78, 5) is 11.8. The van der Waals surface area contributed by atoms with E-state index in [1.165, 1.54) is 0 Å². The summed E-state index contributed by atoms with van der Waals surface area (Å²) in [5, 5.41) is 0. The summed E-state index contributed by atoms with van der Waals surface area (Å²) in [6.45, 7) is 4.02. The molecule has 1 aromatic carbocycles. The maximum Gasteiger partial charge on any atom is 0.313 e. The average Bonchev–Trinajstić information content (AvgIpc) is 3.01. The van der Waals surface area contributed by atoms with Crippen LogP contribution in [-0.2, 0) is 9.53 Å². The summed E-state index contributed by atoms with van der Waals surface area (Å²) in [5.41, 5.74) is 1.47. The predicted octanol–water partition coefficient (Wildman–Crippen LogP) is 3.87. The minimum absolute atomic E-state index is 0.0680. The lowest BCUT2D eigenvalue weighted by molar-refractivity contribution is -0.145. The van der Waals surface area contributed by atoms with Crippen molar-refractivity contribution < 1.29 is 18.3 Å². The van der Waals surface area contributed by atoms with Crippen molar-refractivity contribution in [1.82, 2.24) is 0 Å². The summed E-state index contributed by atoms with van der Waals surface area (Å²) < 4.78 is 30.9. The topological polar surface area (TPSA) is 26.3 Å². The van der Waals surface area contributed by atoms with Gasteiger partial charge in [0.15, 0.2) is 0 Å². The molecule has 2 unspecified atom stereocenters. The van der Waals surface area contributed by atoms with Crippen LogP contribution in [0.5, 0.6) is 0 Å². The van der Waals surface area contributed by atoms with Crippen LogP contribution in [0.2, 0.25) is 0 Å². The van der Waals surface area contributed by atoms with Crippen molar-refractivity contribution in [3.63, 3.8) is 0 Å². The molecule has 0 aromatic heterocycles. The van der Waals surface area contributed by atoms with Crippen molar-refractivity contribution >= 4 is 5.97 Å². The first-order chi connectivity index (χ1) is 8.99. The second-order valence-electron chi connectivity index (χ2n) is 4.90. The van der Waals surface area contributed by atoms with Gasteiger partial charge in [-0.1, -0.05) is 31.2 Å². The number of halogens is 2.